The van der Waals surface area contributed by atoms with E-state index in [1.807, 2.05) is 13.2 Å². The number of thioether (sulfide) groups is 1. The molecule has 1 amide bonds. The summed E-state index contributed by atoms with van der Waals surface area (Å²) < 4.78 is 0. The van der Waals surface area contributed by atoms with Crippen LogP contribution in [0.15, 0.2) is 0 Å². The third-order valence-corrected chi connectivity index (χ3v) is 3.72. The molecule has 1 heterocycles. The van der Waals surface area contributed by atoms with Gasteiger partial charge in [0.25, 0.3) is 0 Å². The van der Waals surface area contributed by atoms with Crippen LogP contribution in [-0.4, -0.2) is 48.1 Å². The van der Waals surface area contributed by atoms with Crippen molar-refractivity contribution in [2.75, 3.05) is 25.1 Å². The SMILES string of the molecule is CSCC[C@@H](NC(=O)C1CNCC1C)C(=O)O. The Morgan fingerprint density at radius 3 is 2.71 bits per heavy atom. The Morgan fingerprint density at radius 1 is 1.53 bits per heavy atom. The summed E-state index contributed by atoms with van der Waals surface area (Å²) in [4.78, 5) is 22.9. The molecule has 1 aliphatic heterocycles. The molecule has 0 aliphatic carbocycles. The van der Waals surface area contributed by atoms with Gasteiger partial charge in [0.05, 0.1) is 5.92 Å². The summed E-state index contributed by atoms with van der Waals surface area (Å²) in [5.41, 5.74) is 0. The van der Waals surface area contributed by atoms with Crippen molar-refractivity contribution in [3.05, 3.63) is 0 Å². The Labute approximate surface area is 106 Å². The second-order valence-electron chi connectivity index (χ2n) is 4.42. The minimum absolute atomic E-state index is 0.105. The molecule has 98 valence electrons. The highest BCUT2D eigenvalue weighted by Gasteiger charge is 2.31. The fourth-order valence-electron chi connectivity index (χ4n) is 1.93. The van der Waals surface area contributed by atoms with Gasteiger partial charge in [0.15, 0.2) is 0 Å². The van der Waals surface area contributed by atoms with Crippen LogP contribution in [-0.2, 0) is 9.59 Å². The number of aliphatic carboxylic acids is 1. The molecule has 1 aliphatic rings. The Balaban J connectivity index is 2.48. The molecule has 0 aromatic rings. The summed E-state index contributed by atoms with van der Waals surface area (Å²) >= 11 is 1.58. The van der Waals surface area contributed by atoms with Crippen molar-refractivity contribution < 1.29 is 14.7 Å². The molecular formula is C11H20N2O3S. The molecule has 0 aromatic carbocycles. The topological polar surface area (TPSA) is 78.4 Å². The van der Waals surface area contributed by atoms with Crippen LogP contribution in [0.2, 0.25) is 0 Å². The molecule has 3 atom stereocenters. The molecule has 1 fully saturated rings. The molecule has 1 rings (SSSR count). The highest BCUT2D eigenvalue weighted by atomic mass is 32.2. The van der Waals surface area contributed by atoms with E-state index in [-0.39, 0.29) is 17.7 Å². The van der Waals surface area contributed by atoms with Gasteiger partial charge >= 0.3 is 5.97 Å². The minimum Gasteiger partial charge on any atom is -0.480 e. The molecule has 0 aromatic heterocycles. The first-order chi connectivity index (χ1) is 8.06. The summed E-state index contributed by atoms with van der Waals surface area (Å²) in [5, 5.41) is 14.8. The van der Waals surface area contributed by atoms with E-state index in [9.17, 15) is 9.59 Å². The molecule has 6 heteroatoms. The summed E-state index contributed by atoms with van der Waals surface area (Å²) in [6.07, 6.45) is 2.39. The molecule has 0 radical (unpaired) electrons. The number of nitrogens with one attached hydrogen (secondary N) is 2. The normalized spacial score (nSPS) is 25.5. The van der Waals surface area contributed by atoms with Crippen LogP contribution >= 0.6 is 11.8 Å². The maximum Gasteiger partial charge on any atom is 0.326 e. The number of hydrogen-bond acceptors (Lipinski definition) is 4. The number of carboxylic acids is 1. The van der Waals surface area contributed by atoms with Crippen LogP contribution in [0.25, 0.3) is 0 Å². The Kier molecular flexibility index (Phi) is 5.77. The van der Waals surface area contributed by atoms with Crippen LogP contribution in [0.1, 0.15) is 13.3 Å². The van der Waals surface area contributed by atoms with Crippen LogP contribution in [0, 0.1) is 11.8 Å². The van der Waals surface area contributed by atoms with Crippen molar-refractivity contribution in [1.82, 2.24) is 10.6 Å². The summed E-state index contributed by atoms with van der Waals surface area (Å²) in [7, 11) is 0. The number of carbonyl (C=O) groups is 2. The lowest BCUT2D eigenvalue weighted by molar-refractivity contribution is -0.142. The smallest absolute Gasteiger partial charge is 0.326 e. The molecule has 0 spiro atoms. The Bertz CT molecular complexity index is 286. The lowest BCUT2D eigenvalue weighted by atomic mass is 9.97. The zero-order valence-electron chi connectivity index (χ0n) is 10.2. The predicted molar refractivity (Wildman–Crippen MR) is 68.1 cm³/mol. The van der Waals surface area contributed by atoms with Gasteiger partial charge < -0.3 is 15.7 Å². The third kappa shape index (κ3) is 4.20. The van der Waals surface area contributed by atoms with Crippen molar-refractivity contribution >= 4 is 23.6 Å². The molecular weight excluding hydrogens is 240 g/mol. The van der Waals surface area contributed by atoms with Gasteiger partial charge in [0, 0.05) is 6.54 Å². The first-order valence-corrected chi connectivity index (χ1v) is 7.18. The molecule has 3 N–H and O–H groups in total. The van der Waals surface area contributed by atoms with Crippen molar-refractivity contribution in [3.63, 3.8) is 0 Å². The summed E-state index contributed by atoms with van der Waals surface area (Å²) in [6, 6.07) is -0.761. The van der Waals surface area contributed by atoms with Gasteiger partial charge in [-0.15, -0.1) is 0 Å². The zero-order chi connectivity index (χ0) is 12.8. The van der Waals surface area contributed by atoms with Crippen molar-refractivity contribution in [2.24, 2.45) is 11.8 Å². The van der Waals surface area contributed by atoms with E-state index in [1.54, 1.807) is 11.8 Å². The Morgan fingerprint density at radius 2 is 2.24 bits per heavy atom. The maximum absolute atomic E-state index is 11.9. The number of carbonyl (C=O) groups excluding carboxylic acids is 1. The number of amides is 1. The maximum atomic E-state index is 11.9. The minimum atomic E-state index is -0.953. The van der Waals surface area contributed by atoms with Gasteiger partial charge in [0.1, 0.15) is 6.04 Å². The van der Waals surface area contributed by atoms with E-state index < -0.39 is 12.0 Å². The molecule has 0 bridgehead atoms. The second kappa shape index (κ2) is 6.86. The van der Waals surface area contributed by atoms with Gasteiger partial charge in [-0.3, -0.25) is 4.79 Å². The van der Waals surface area contributed by atoms with Gasteiger partial charge in [-0.2, -0.15) is 11.8 Å². The monoisotopic (exact) mass is 260 g/mol. The first-order valence-electron chi connectivity index (χ1n) is 5.79. The van der Waals surface area contributed by atoms with Crippen molar-refractivity contribution in [1.29, 1.82) is 0 Å². The van der Waals surface area contributed by atoms with Crippen molar-refractivity contribution in [2.45, 2.75) is 19.4 Å². The lowest BCUT2D eigenvalue weighted by Gasteiger charge is -2.18. The summed E-state index contributed by atoms with van der Waals surface area (Å²) in [5.74, 6) is -0.200. The third-order valence-electron chi connectivity index (χ3n) is 3.08. The van der Waals surface area contributed by atoms with Crippen LogP contribution in [0.4, 0.5) is 0 Å². The molecule has 0 saturated carbocycles. The van der Waals surface area contributed by atoms with Gasteiger partial charge in [-0.25, -0.2) is 4.79 Å². The van der Waals surface area contributed by atoms with E-state index >= 15 is 0 Å². The standard InChI is InChI=1S/C11H20N2O3S/c1-7-5-12-6-8(7)10(14)13-9(11(15)16)3-4-17-2/h7-9,12H,3-6H2,1-2H3,(H,13,14)(H,15,16)/t7?,8?,9-/m1/s1. The molecule has 2 unspecified atom stereocenters. The largest absolute Gasteiger partial charge is 0.480 e. The lowest BCUT2D eigenvalue weighted by Crippen LogP contribution is -2.45. The average molecular weight is 260 g/mol. The van der Waals surface area contributed by atoms with E-state index in [0.29, 0.717) is 13.0 Å². The molecule has 17 heavy (non-hydrogen) atoms. The first kappa shape index (κ1) is 14.3. The number of hydrogen-bond donors (Lipinski definition) is 3. The fraction of sp³-hybridized carbons (Fsp3) is 0.818. The quantitative estimate of drug-likeness (QED) is 0.634. The van der Waals surface area contributed by atoms with Gasteiger partial charge in [-0.05, 0) is 30.9 Å². The van der Waals surface area contributed by atoms with Crippen LogP contribution < -0.4 is 10.6 Å². The Hall–Kier alpha value is -0.750. The van der Waals surface area contributed by atoms with E-state index in [2.05, 4.69) is 10.6 Å². The highest BCUT2D eigenvalue weighted by Crippen LogP contribution is 2.16. The van der Waals surface area contributed by atoms with Gasteiger partial charge in [0.2, 0.25) is 5.91 Å². The van der Waals surface area contributed by atoms with Crippen molar-refractivity contribution in [3.8, 4) is 0 Å². The van der Waals surface area contributed by atoms with Crippen LogP contribution in [0.5, 0.6) is 0 Å². The van der Waals surface area contributed by atoms with Gasteiger partial charge in [-0.1, -0.05) is 6.92 Å². The van der Waals surface area contributed by atoms with E-state index in [0.717, 1.165) is 12.3 Å². The molecule has 5 nitrogen and oxygen atoms in total. The number of carboxylic acid groups (broad SMARTS) is 1. The summed E-state index contributed by atoms with van der Waals surface area (Å²) in [6.45, 7) is 3.46. The van der Waals surface area contributed by atoms with E-state index in [1.165, 1.54) is 0 Å². The van der Waals surface area contributed by atoms with E-state index in [4.69, 9.17) is 5.11 Å². The molecule has 1 saturated heterocycles. The second-order valence-corrected chi connectivity index (χ2v) is 5.41. The predicted octanol–water partition coefficient (Wildman–Crippen LogP) is 0.164. The van der Waals surface area contributed by atoms with Crippen LogP contribution in [0.3, 0.4) is 0 Å². The fourth-order valence-corrected chi connectivity index (χ4v) is 2.40. The highest BCUT2D eigenvalue weighted by molar-refractivity contribution is 7.98. The average Bonchev–Trinajstić information content (AvgIpc) is 2.70. The number of rotatable bonds is 6. The zero-order valence-corrected chi connectivity index (χ0v) is 11.0.